The van der Waals surface area contributed by atoms with Crippen molar-refractivity contribution in [2.24, 2.45) is 0 Å². The molecule has 0 aliphatic carbocycles. The Morgan fingerprint density at radius 1 is 1.12 bits per heavy atom. The minimum absolute atomic E-state index is 0.0875. The highest BCUT2D eigenvalue weighted by Crippen LogP contribution is 2.36. The molecule has 0 saturated carbocycles. The zero-order chi connectivity index (χ0) is 17.4. The minimum atomic E-state index is -0.443. The molecule has 1 fully saturated rings. The molecule has 2 aliphatic heterocycles. The second-order valence-corrected chi connectivity index (χ2v) is 6.47. The van der Waals surface area contributed by atoms with E-state index in [4.69, 9.17) is 9.47 Å². The van der Waals surface area contributed by atoms with Gasteiger partial charge in [0.25, 0.3) is 11.1 Å². The Morgan fingerprint density at radius 3 is 2.76 bits per heavy atom. The van der Waals surface area contributed by atoms with Crippen LogP contribution in [0.25, 0.3) is 6.08 Å². The average molecular weight is 357 g/mol. The highest BCUT2D eigenvalue weighted by Gasteiger charge is 2.35. The molecule has 0 atom stereocenters. The van der Waals surface area contributed by atoms with Crippen molar-refractivity contribution in [2.75, 3.05) is 6.79 Å². The quantitative estimate of drug-likeness (QED) is 0.783. The highest BCUT2D eigenvalue weighted by atomic mass is 32.2. The van der Waals surface area contributed by atoms with Crippen molar-refractivity contribution in [1.82, 2.24) is 4.90 Å². The summed E-state index contributed by atoms with van der Waals surface area (Å²) in [6.07, 6.45) is 1.62. The molecule has 0 aromatic heterocycles. The van der Waals surface area contributed by atoms with Crippen LogP contribution in [0.1, 0.15) is 11.1 Å². The first kappa shape index (κ1) is 15.7. The first-order valence-corrected chi connectivity index (χ1v) is 8.32. The first-order valence-electron chi connectivity index (χ1n) is 7.50. The molecule has 0 spiro atoms. The van der Waals surface area contributed by atoms with Gasteiger partial charge in [-0.25, -0.2) is 4.39 Å². The summed E-state index contributed by atoms with van der Waals surface area (Å²) >= 11 is 0.839. The monoisotopic (exact) mass is 357 g/mol. The number of halogens is 1. The second kappa shape index (κ2) is 6.25. The van der Waals surface area contributed by atoms with Crippen molar-refractivity contribution >= 4 is 29.0 Å². The smallest absolute Gasteiger partial charge is 0.293 e. The van der Waals surface area contributed by atoms with E-state index in [1.807, 2.05) is 0 Å². The molecule has 2 aliphatic rings. The molecule has 126 valence electrons. The van der Waals surface area contributed by atoms with Crippen LogP contribution in [0.3, 0.4) is 0 Å². The lowest BCUT2D eigenvalue weighted by atomic mass is 10.1. The topological polar surface area (TPSA) is 55.8 Å². The summed E-state index contributed by atoms with van der Waals surface area (Å²) < 4.78 is 24.3. The lowest BCUT2D eigenvalue weighted by Crippen LogP contribution is -2.27. The van der Waals surface area contributed by atoms with Crippen LogP contribution in [0.5, 0.6) is 11.5 Å². The van der Waals surface area contributed by atoms with E-state index in [9.17, 15) is 14.0 Å². The van der Waals surface area contributed by atoms with Gasteiger partial charge in [0.15, 0.2) is 11.5 Å². The van der Waals surface area contributed by atoms with Crippen LogP contribution in [0.2, 0.25) is 0 Å². The van der Waals surface area contributed by atoms with Gasteiger partial charge in [0.05, 0.1) is 11.4 Å². The number of hydrogen-bond acceptors (Lipinski definition) is 5. The summed E-state index contributed by atoms with van der Waals surface area (Å²) in [7, 11) is 0. The zero-order valence-corrected chi connectivity index (χ0v) is 13.7. The van der Waals surface area contributed by atoms with Gasteiger partial charge < -0.3 is 9.47 Å². The van der Waals surface area contributed by atoms with Crippen LogP contribution in [0.4, 0.5) is 9.18 Å². The number of fused-ring (bicyclic) bond motifs is 1. The molecule has 2 aromatic carbocycles. The van der Waals surface area contributed by atoms with Crippen molar-refractivity contribution in [3.05, 3.63) is 64.3 Å². The number of benzene rings is 2. The fourth-order valence-electron chi connectivity index (χ4n) is 2.59. The van der Waals surface area contributed by atoms with Gasteiger partial charge in [0.2, 0.25) is 6.79 Å². The van der Waals surface area contributed by atoms with Crippen LogP contribution in [0, 0.1) is 5.82 Å². The maximum Gasteiger partial charge on any atom is 0.293 e. The molecule has 7 heteroatoms. The van der Waals surface area contributed by atoms with Crippen LogP contribution < -0.4 is 9.47 Å². The molecule has 0 unspecified atom stereocenters. The summed E-state index contributed by atoms with van der Waals surface area (Å²) in [5.41, 5.74) is 1.02. The Bertz CT molecular complexity index is 912. The Kier molecular flexibility index (Phi) is 3.93. The molecule has 2 heterocycles. The van der Waals surface area contributed by atoms with E-state index in [1.54, 1.807) is 42.5 Å². The number of carbonyl (C=O) groups is 2. The number of carbonyl (C=O) groups excluding carboxylic acids is 2. The number of imide groups is 1. The number of ether oxygens (including phenoxy) is 2. The van der Waals surface area contributed by atoms with Crippen LogP contribution in [0.15, 0.2) is 47.4 Å². The molecule has 4 rings (SSSR count). The van der Waals surface area contributed by atoms with Gasteiger partial charge in [-0.05, 0) is 41.6 Å². The van der Waals surface area contributed by atoms with E-state index in [0.717, 1.165) is 22.2 Å². The van der Waals surface area contributed by atoms with Crippen molar-refractivity contribution < 1.29 is 23.5 Å². The van der Waals surface area contributed by atoms with Crippen LogP contribution >= 0.6 is 11.8 Å². The zero-order valence-electron chi connectivity index (χ0n) is 12.9. The lowest BCUT2D eigenvalue weighted by molar-refractivity contribution is -0.123. The Balaban J connectivity index is 1.57. The predicted octanol–water partition coefficient (Wildman–Crippen LogP) is 3.79. The van der Waals surface area contributed by atoms with Crippen molar-refractivity contribution in [2.45, 2.75) is 6.54 Å². The summed E-state index contributed by atoms with van der Waals surface area (Å²) in [6.45, 7) is 0.0771. The standard InChI is InChI=1S/C18H12FNO4S/c19-13-4-2-1-3-12(13)9-20-17(21)16(25-18(20)22)8-11-5-6-14-15(7-11)24-10-23-14/h1-8H,9-10H2. The molecular formula is C18H12FNO4S. The van der Waals surface area contributed by atoms with Gasteiger partial charge >= 0.3 is 0 Å². The molecular weight excluding hydrogens is 345 g/mol. The average Bonchev–Trinajstić information content (AvgIpc) is 3.16. The summed E-state index contributed by atoms with van der Waals surface area (Å²) in [6, 6.07) is 11.4. The van der Waals surface area contributed by atoms with E-state index in [0.29, 0.717) is 22.0 Å². The molecule has 0 N–H and O–H groups in total. The number of hydrogen-bond donors (Lipinski definition) is 0. The fraction of sp³-hybridized carbons (Fsp3) is 0.111. The number of nitrogens with zero attached hydrogens (tertiary/aromatic N) is 1. The van der Waals surface area contributed by atoms with E-state index in [-0.39, 0.29) is 13.3 Å². The largest absolute Gasteiger partial charge is 0.454 e. The fourth-order valence-corrected chi connectivity index (χ4v) is 3.43. The van der Waals surface area contributed by atoms with Gasteiger partial charge in [-0.3, -0.25) is 14.5 Å². The lowest BCUT2D eigenvalue weighted by Gasteiger charge is -2.12. The van der Waals surface area contributed by atoms with Gasteiger partial charge in [-0.15, -0.1) is 0 Å². The Labute approximate surface area is 147 Å². The third-order valence-corrected chi connectivity index (χ3v) is 4.76. The SMILES string of the molecule is O=C1SC(=Cc2ccc3c(c2)OCO3)C(=O)N1Cc1ccccc1F. The number of thioether (sulfide) groups is 1. The number of amides is 2. The summed E-state index contributed by atoms with van der Waals surface area (Å²) in [4.78, 5) is 26.0. The van der Waals surface area contributed by atoms with E-state index < -0.39 is 17.0 Å². The number of rotatable bonds is 3. The van der Waals surface area contributed by atoms with Crippen molar-refractivity contribution in [3.63, 3.8) is 0 Å². The molecule has 0 radical (unpaired) electrons. The normalized spacial score (nSPS) is 17.6. The van der Waals surface area contributed by atoms with E-state index in [2.05, 4.69) is 0 Å². The van der Waals surface area contributed by atoms with Gasteiger partial charge in [-0.2, -0.15) is 0 Å². The third-order valence-electron chi connectivity index (χ3n) is 3.85. The maximum absolute atomic E-state index is 13.8. The van der Waals surface area contributed by atoms with E-state index >= 15 is 0 Å². The van der Waals surface area contributed by atoms with E-state index in [1.165, 1.54) is 6.07 Å². The second-order valence-electron chi connectivity index (χ2n) is 5.47. The van der Waals surface area contributed by atoms with Gasteiger partial charge in [-0.1, -0.05) is 24.3 Å². The molecule has 0 bridgehead atoms. The van der Waals surface area contributed by atoms with Crippen molar-refractivity contribution in [1.29, 1.82) is 0 Å². The predicted molar refractivity (Wildman–Crippen MR) is 90.5 cm³/mol. The summed E-state index contributed by atoms with van der Waals surface area (Å²) in [5, 5.41) is -0.416. The van der Waals surface area contributed by atoms with Crippen LogP contribution in [-0.4, -0.2) is 22.8 Å². The third kappa shape index (κ3) is 2.98. The summed E-state index contributed by atoms with van der Waals surface area (Å²) in [5.74, 6) is 0.362. The van der Waals surface area contributed by atoms with Crippen molar-refractivity contribution in [3.8, 4) is 11.5 Å². The molecule has 1 saturated heterocycles. The molecule has 25 heavy (non-hydrogen) atoms. The maximum atomic E-state index is 13.8. The van der Waals surface area contributed by atoms with Gasteiger partial charge in [0, 0.05) is 5.56 Å². The molecule has 5 nitrogen and oxygen atoms in total. The molecule has 2 amide bonds. The molecule has 2 aromatic rings. The van der Waals surface area contributed by atoms with Gasteiger partial charge in [0.1, 0.15) is 5.82 Å². The Hall–Kier alpha value is -2.80. The first-order chi connectivity index (χ1) is 12.1. The Morgan fingerprint density at radius 2 is 1.92 bits per heavy atom. The highest BCUT2D eigenvalue weighted by molar-refractivity contribution is 8.18. The van der Waals surface area contributed by atoms with Crippen LogP contribution in [-0.2, 0) is 11.3 Å². The minimum Gasteiger partial charge on any atom is -0.454 e.